The van der Waals surface area contributed by atoms with Crippen LogP contribution in [0.3, 0.4) is 0 Å². The summed E-state index contributed by atoms with van der Waals surface area (Å²) in [6.07, 6.45) is -3.40. The van der Waals surface area contributed by atoms with E-state index in [-0.39, 0.29) is 47.4 Å². The number of aliphatic hydroxyl groups excluding tert-OH is 2. The highest BCUT2D eigenvalue weighted by molar-refractivity contribution is 8.13. The first-order chi connectivity index (χ1) is 27.4. The fourth-order valence-electron chi connectivity index (χ4n) is 5.31. The molecule has 0 saturated carbocycles. The minimum absolute atomic E-state index is 0.0270. The Balaban J connectivity index is 1.42. The third-order valence-corrected chi connectivity index (χ3v) is 12.5. The van der Waals surface area contributed by atoms with Crippen LogP contribution < -0.4 is 16.4 Å². The van der Waals surface area contributed by atoms with Crippen LogP contribution in [0.2, 0.25) is 0 Å². The molecule has 3 heterocycles. The summed E-state index contributed by atoms with van der Waals surface area (Å²) in [7, 11) is -16.4. The molecule has 2 aromatic heterocycles. The first-order valence-corrected chi connectivity index (χ1v) is 23.5. The molecule has 59 heavy (non-hydrogen) atoms. The third kappa shape index (κ3) is 16.6. The van der Waals surface area contributed by atoms with Crippen LogP contribution in [0.1, 0.15) is 71.9 Å². The van der Waals surface area contributed by atoms with Gasteiger partial charge in [-0.15, -0.1) is 0 Å². The predicted octanol–water partition coefficient (Wildman–Crippen LogP) is 0.594. The van der Waals surface area contributed by atoms with Gasteiger partial charge < -0.3 is 50.9 Å². The highest BCUT2D eigenvalue weighted by atomic mass is 32.2. The summed E-state index contributed by atoms with van der Waals surface area (Å²) < 4.78 is 62.1. The van der Waals surface area contributed by atoms with Crippen LogP contribution in [-0.2, 0) is 55.5 Å². The van der Waals surface area contributed by atoms with Gasteiger partial charge in [0.15, 0.2) is 22.8 Å². The largest absolute Gasteiger partial charge is 0.481 e. The molecule has 1 aliphatic rings. The molecule has 29 heteroatoms. The summed E-state index contributed by atoms with van der Waals surface area (Å²) in [5, 5.41) is 26.4. The number of anilines is 1. The van der Waals surface area contributed by atoms with Crippen molar-refractivity contribution in [3.8, 4) is 0 Å². The molecule has 2 aromatic rings. The van der Waals surface area contributed by atoms with Crippen LogP contribution in [-0.4, -0.2) is 128 Å². The molecule has 7 unspecified atom stereocenters. The second-order valence-electron chi connectivity index (χ2n) is 13.7. The number of phosphoric ester groups is 3. The van der Waals surface area contributed by atoms with E-state index in [9.17, 15) is 62.7 Å². The fourth-order valence-corrected chi connectivity index (χ4v) is 8.86. The van der Waals surface area contributed by atoms with Crippen LogP contribution in [0.4, 0.5) is 5.82 Å². The summed E-state index contributed by atoms with van der Waals surface area (Å²) >= 11 is 1.07. The smallest absolute Gasteiger partial charge is 0.386 e. The summed E-state index contributed by atoms with van der Waals surface area (Å²) in [5.41, 5.74) is 4.25. The molecule has 25 nitrogen and oxygen atoms in total. The normalized spacial score (nSPS) is 21.1. The van der Waals surface area contributed by atoms with Crippen molar-refractivity contribution in [2.45, 2.75) is 96.4 Å². The number of carbonyl (C=O) groups excluding carboxylic acids is 4. The second kappa shape index (κ2) is 22.4. The summed E-state index contributed by atoms with van der Waals surface area (Å²) in [5.74, 6) is -0.952. The Morgan fingerprint density at radius 1 is 0.983 bits per heavy atom. The average molecular weight is 922 g/mol. The van der Waals surface area contributed by atoms with Crippen LogP contribution in [0.15, 0.2) is 12.7 Å². The predicted molar refractivity (Wildman–Crippen MR) is 205 cm³/mol. The number of nitrogens with two attached hydrogens (primary N) is 1. The molecular formula is C30H50N7O18P3S. The van der Waals surface area contributed by atoms with E-state index in [4.69, 9.17) is 19.5 Å². The number of amides is 2. The zero-order chi connectivity index (χ0) is 44.2. The van der Waals surface area contributed by atoms with Gasteiger partial charge in [0, 0.05) is 49.9 Å². The minimum Gasteiger partial charge on any atom is -0.386 e. The van der Waals surface area contributed by atoms with Gasteiger partial charge in [-0.25, -0.2) is 28.6 Å². The highest BCUT2D eigenvalue weighted by Crippen LogP contribution is 2.61. The van der Waals surface area contributed by atoms with E-state index < -0.39 is 84.6 Å². The van der Waals surface area contributed by atoms with Crippen LogP contribution >= 0.6 is 35.2 Å². The standard InChI is InChI=1S/C30H50N7O18P3S/c1-4-18(38)8-6-5-7-9-21(40)59-13-12-32-20(39)10-11-33-28(43)25(42)30(2,3)15-52-58(49,50)55-57(47,48)51-14-19-24(54-56(44,45)46)23(41)29(53-19)37-17-36-22-26(31)34-16-35-27(22)37/h16-17,19,23-25,29,41-42H,4-15H2,1-3H3,(H,32,39)(H,33,43)(H,47,48)(H,49,50)(H2,31,34,35)(H2,44,45,46). The maximum absolute atomic E-state index is 12.7. The maximum atomic E-state index is 12.7. The lowest BCUT2D eigenvalue weighted by molar-refractivity contribution is -0.137. The third-order valence-electron chi connectivity index (χ3n) is 8.50. The SMILES string of the molecule is CCC(=O)CCCCCC(=O)SCCNC(=O)CCNC(=O)C(O)C(C)(C)COP(=O)(O)OP(=O)(O)OCC1OC(n2cnc3c(N)ncnc32)C(O)C1OP(=O)(O)O. The fraction of sp³-hybridized carbons (Fsp3) is 0.700. The zero-order valence-electron chi connectivity index (χ0n) is 32.2. The summed E-state index contributed by atoms with van der Waals surface area (Å²) in [6.45, 7) is 2.25. The molecule has 334 valence electrons. The van der Waals surface area contributed by atoms with Gasteiger partial charge in [0.1, 0.15) is 42.0 Å². The Labute approximate surface area is 341 Å². The van der Waals surface area contributed by atoms with Gasteiger partial charge in [-0.2, -0.15) is 4.31 Å². The van der Waals surface area contributed by atoms with Gasteiger partial charge in [-0.3, -0.25) is 37.3 Å². The number of nitrogens with zero attached hydrogens (tertiary/aromatic N) is 4. The second-order valence-corrected chi connectivity index (χ2v) is 19.1. The first kappa shape index (κ1) is 50.6. The molecule has 7 atom stereocenters. The molecule has 1 saturated heterocycles. The lowest BCUT2D eigenvalue weighted by Gasteiger charge is -2.30. The molecule has 3 rings (SSSR count). The Bertz CT molecular complexity index is 1920. The van der Waals surface area contributed by atoms with Crippen LogP contribution in [0.5, 0.6) is 0 Å². The first-order valence-electron chi connectivity index (χ1n) is 18.0. The van der Waals surface area contributed by atoms with Gasteiger partial charge in [-0.05, 0) is 12.8 Å². The van der Waals surface area contributed by atoms with Gasteiger partial charge in [0.25, 0.3) is 0 Å². The molecule has 1 fully saturated rings. The molecular weight excluding hydrogens is 871 g/mol. The van der Waals surface area contributed by atoms with Gasteiger partial charge >= 0.3 is 23.5 Å². The number of nitrogens with one attached hydrogen (secondary N) is 2. The lowest BCUT2D eigenvalue weighted by Crippen LogP contribution is -2.46. The molecule has 0 aromatic carbocycles. The Hall–Kier alpha value is -2.77. The number of aliphatic hydroxyl groups is 2. The van der Waals surface area contributed by atoms with Crippen molar-refractivity contribution < 1.29 is 85.3 Å². The summed E-state index contributed by atoms with van der Waals surface area (Å²) in [6, 6.07) is 0. The van der Waals surface area contributed by atoms with E-state index in [1.54, 1.807) is 6.92 Å². The Morgan fingerprint density at radius 3 is 2.34 bits per heavy atom. The number of unbranched alkanes of at least 4 members (excludes halogenated alkanes) is 2. The number of hydrogen-bond donors (Lipinski definition) is 9. The zero-order valence-corrected chi connectivity index (χ0v) is 35.7. The van der Waals surface area contributed by atoms with Crippen LogP contribution in [0.25, 0.3) is 11.2 Å². The van der Waals surface area contributed by atoms with E-state index in [2.05, 4.69) is 34.4 Å². The highest BCUT2D eigenvalue weighted by Gasteiger charge is 2.50. The van der Waals surface area contributed by atoms with Crippen molar-refractivity contribution in [3.63, 3.8) is 0 Å². The average Bonchev–Trinajstić information content (AvgIpc) is 3.71. The molecule has 0 spiro atoms. The molecule has 0 aliphatic carbocycles. The monoisotopic (exact) mass is 921 g/mol. The van der Waals surface area contributed by atoms with E-state index in [0.717, 1.165) is 41.8 Å². The van der Waals surface area contributed by atoms with Crippen molar-refractivity contribution in [1.29, 1.82) is 0 Å². The Morgan fingerprint density at radius 2 is 1.66 bits per heavy atom. The van der Waals surface area contributed by atoms with E-state index in [1.807, 2.05) is 0 Å². The number of carbonyl (C=O) groups is 4. The minimum atomic E-state index is -5.58. The number of hydrogen-bond acceptors (Lipinski definition) is 19. The van der Waals surface area contributed by atoms with Crippen molar-refractivity contribution >= 4 is 74.9 Å². The molecule has 0 bridgehead atoms. The topological polar surface area (TPSA) is 381 Å². The van der Waals surface area contributed by atoms with Crippen molar-refractivity contribution in [2.24, 2.45) is 5.41 Å². The summed E-state index contributed by atoms with van der Waals surface area (Å²) in [4.78, 5) is 99.0. The lowest BCUT2D eigenvalue weighted by atomic mass is 9.87. The number of fused-ring (bicyclic) bond motifs is 1. The number of aromatic nitrogens is 4. The number of thioether (sulfide) groups is 1. The number of ether oxygens (including phenoxy) is 1. The van der Waals surface area contributed by atoms with Crippen molar-refractivity contribution in [3.05, 3.63) is 12.7 Å². The number of rotatable bonds is 26. The van der Waals surface area contributed by atoms with E-state index in [1.165, 1.54) is 13.8 Å². The molecule has 0 radical (unpaired) electrons. The molecule has 10 N–H and O–H groups in total. The number of ketones is 1. The van der Waals surface area contributed by atoms with Crippen molar-refractivity contribution in [2.75, 3.05) is 37.8 Å². The van der Waals surface area contributed by atoms with Gasteiger partial charge in [0.2, 0.25) is 11.8 Å². The quantitative estimate of drug-likeness (QED) is 0.0460. The van der Waals surface area contributed by atoms with Crippen molar-refractivity contribution in [1.82, 2.24) is 30.2 Å². The number of Topliss-reactive ketones (excluding diaryl/α,β-unsaturated/α-hetero) is 1. The van der Waals surface area contributed by atoms with Gasteiger partial charge in [0.05, 0.1) is 19.5 Å². The van der Waals surface area contributed by atoms with Gasteiger partial charge in [-0.1, -0.05) is 39.0 Å². The number of imidazole rings is 1. The number of nitrogen functional groups attached to an aromatic ring is 1. The Kier molecular flexibility index (Phi) is 19.2. The maximum Gasteiger partial charge on any atom is 0.481 e. The van der Waals surface area contributed by atoms with E-state index >= 15 is 0 Å². The van der Waals surface area contributed by atoms with Crippen LogP contribution in [0, 0.1) is 5.41 Å². The molecule has 1 aliphatic heterocycles. The van der Waals surface area contributed by atoms with E-state index in [0.29, 0.717) is 31.4 Å². The molecule has 2 amide bonds. The number of phosphoric acid groups is 3.